The highest BCUT2D eigenvalue weighted by Gasteiger charge is 2.28. The summed E-state index contributed by atoms with van der Waals surface area (Å²) in [5.41, 5.74) is 0.396. The molecule has 1 unspecified atom stereocenters. The van der Waals surface area contributed by atoms with Crippen molar-refractivity contribution in [1.29, 1.82) is 0 Å². The number of anilines is 1. The quantitative estimate of drug-likeness (QED) is 0.840. The standard InChI is InChI=1S/C17H20F2N2O2/c18-13-7-11(21-15-2-1-12(22)9-16(15)23)8-14(19)17(13)10-3-5-20-6-4-10/h7-8,10,15,20-21H,1-6,9H2. The van der Waals surface area contributed by atoms with E-state index >= 15 is 0 Å². The van der Waals surface area contributed by atoms with E-state index in [1.54, 1.807) is 0 Å². The fourth-order valence-corrected chi connectivity index (χ4v) is 3.39. The highest BCUT2D eigenvalue weighted by molar-refractivity contribution is 6.04. The fraction of sp³-hybridized carbons (Fsp3) is 0.529. The van der Waals surface area contributed by atoms with Crippen LogP contribution in [-0.4, -0.2) is 30.7 Å². The van der Waals surface area contributed by atoms with Crippen LogP contribution in [0, 0.1) is 11.6 Å². The van der Waals surface area contributed by atoms with Crippen LogP contribution in [0.3, 0.4) is 0 Å². The van der Waals surface area contributed by atoms with Crippen LogP contribution >= 0.6 is 0 Å². The van der Waals surface area contributed by atoms with Gasteiger partial charge in [0.05, 0.1) is 12.5 Å². The molecule has 0 aromatic heterocycles. The summed E-state index contributed by atoms with van der Waals surface area (Å²) in [7, 11) is 0. The molecule has 0 amide bonds. The lowest BCUT2D eigenvalue weighted by Crippen LogP contribution is -2.35. The van der Waals surface area contributed by atoms with Gasteiger partial charge in [0.25, 0.3) is 0 Å². The Morgan fingerprint density at radius 3 is 2.30 bits per heavy atom. The Labute approximate surface area is 133 Å². The number of halogens is 2. The van der Waals surface area contributed by atoms with Crippen molar-refractivity contribution in [2.45, 2.75) is 44.1 Å². The lowest BCUT2D eigenvalue weighted by molar-refractivity contribution is -0.130. The summed E-state index contributed by atoms with van der Waals surface area (Å²) in [6, 6.07) is 1.96. The van der Waals surface area contributed by atoms with Crippen molar-refractivity contribution in [3.05, 3.63) is 29.3 Å². The first-order valence-electron chi connectivity index (χ1n) is 8.05. The first-order chi connectivity index (χ1) is 11.0. The molecule has 2 fully saturated rings. The minimum absolute atomic E-state index is 0.0772. The van der Waals surface area contributed by atoms with E-state index in [2.05, 4.69) is 10.6 Å². The molecule has 2 aliphatic rings. The van der Waals surface area contributed by atoms with Gasteiger partial charge in [0, 0.05) is 17.7 Å². The Kier molecular flexibility index (Phi) is 4.71. The van der Waals surface area contributed by atoms with Gasteiger partial charge in [0.1, 0.15) is 17.4 Å². The van der Waals surface area contributed by atoms with Gasteiger partial charge in [0.2, 0.25) is 0 Å². The topological polar surface area (TPSA) is 58.2 Å². The third-order valence-electron chi connectivity index (χ3n) is 4.64. The third-order valence-corrected chi connectivity index (χ3v) is 4.64. The highest BCUT2D eigenvalue weighted by atomic mass is 19.1. The summed E-state index contributed by atoms with van der Waals surface area (Å²) in [6.45, 7) is 1.52. The molecular formula is C17H20F2N2O2. The van der Waals surface area contributed by atoms with Crippen molar-refractivity contribution in [3.63, 3.8) is 0 Å². The van der Waals surface area contributed by atoms with Gasteiger partial charge in [-0.1, -0.05) is 0 Å². The predicted molar refractivity (Wildman–Crippen MR) is 82.5 cm³/mol. The average Bonchev–Trinajstić information content (AvgIpc) is 2.50. The molecule has 0 bridgehead atoms. The molecule has 3 rings (SSSR count). The molecule has 1 aromatic carbocycles. The number of piperidine rings is 1. The number of nitrogens with one attached hydrogen (secondary N) is 2. The largest absolute Gasteiger partial charge is 0.375 e. The summed E-state index contributed by atoms with van der Waals surface area (Å²) in [5.74, 6) is -1.55. The van der Waals surface area contributed by atoms with Crippen molar-refractivity contribution in [2.75, 3.05) is 18.4 Å². The first kappa shape index (κ1) is 16.1. The van der Waals surface area contributed by atoms with Crippen molar-refractivity contribution >= 4 is 17.3 Å². The summed E-state index contributed by atoms with van der Waals surface area (Å²) in [4.78, 5) is 23.0. The van der Waals surface area contributed by atoms with Crippen molar-refractivity contribution in [2.24, 2.45) is 0 Å². The summed E-state index contributed by atoms with van der Waals surface area (Å²) >= 11 is 0. The number of rotatable bonds is 3. The second-order valence-corrected chi connectivity index (χ2v) is 6.30. The van der Waals surface area contributed by atoms with Crippen LogP contribution in [0.25, 0.3) is 0 Å². The molecule has 23 heavy (non-hydrogen) atoms. The number of benzene rings is 1. The number of ketones is 2. The van der Waals surface area contributed by atoms with Crippen LogP contribution in [0.1, 0.15) is 43.6 Å². The lowest BCUT2D eigenvalue weighted by atomic mass is 9.89. The van der Waals surface area contributed by atoms with Crippen molar-refractivity contribution < 1.29 is 18.4 Å². The number of hydrogen-bond donors (Lipinski definition) is 2. The van der Waals surface area contributed by atoms with Crippen LogP contribution in [0.2, 0.25) is 0 Å². The van der Waals surface area contributed by atoms with E-state index in [0.717, 1.165) is 13.1 Å². The van der Waals surface area contributed by atoms with Crippen LogP contribution in [0.4, 0.5) is 14.5 Å². The molecule has 124 valence electrons. The molecule has 1 saturated heterocycles. The molecule has 2 N–H and O–H groups in total. The zero-order valence-electron chi connectivity index (χ0n) is 12.8. The second-order valence-electron chi connectivity index (χ2n) is 6.30. The minimum atomic E-state index is -0.571. The highest BCUT2D eigenvalue weighted by Crippen LogP contribution is 2.32. The van der Waals surface area contributed by atoms with Gasteiger partial charge < -0.3 is 10.6 Å². The fourth-order valence-electron chi connectivity index (χ4n) is 3.39. The number of carbonyl (C=O) groups excluding carboxylic acids is 2. The van der Waals surface area contributed by atoms with Gasteiger partial charge in [-0.15, -0.1) is 0 Å². The molecule has 1 aromatic rings. The van der Waals surface area contributed by atoms with Gasteiger partial charge in [-0.3, -0.25) is 9.59 Å². The summed E-state index contributed by atoms with van der Waals surface area (Å²) < 4.78 is 28.7. The van der Waals surface area contributed by atoms with Gasteiger partial charge in [0.15, 0.2) is 5.78 Å². The molecular weight excluding hydrogens is 302 g/mol. The van der Waals surface area contributed by atoms with Gasteiger partial charge in [-0.25, -0.2) is 8.78 Å². The molecule has 1 heterocycles. The monoisotopic (exact) mass is 322 g/mol. The van der Waals surface area contributed by atoms with E-state index in [4.69, 9.17) is 0 Å². The maximum absolute atomic E-state index is 14.4. The lowest BCUT2D eigenvalue weighted by Gasteiger charge is -2.25. The SMILES string of the molecule is O=C1CCC(Nc2cc(F)c(C3CCNCC3)c(F)c2)C(=O)C1. The molecule has 1 aliphatic heterocycles. The summed E-state index contributed by atoms with van der Waals surface area (Å²) in [6.07, 6.45) is 2.02. The Balaban J connectivity index is 1.76. The van der Waals surface area contributed by atoms with E-state index in [0.29, 0.717) is 25.7 Å². The van der Waals surface area contributed by atoms with E-state index < -0.39 is 17.7 Å². The predicted octanol–water partition coefficient (Wildman–Crippen LogP) is 2.53. The van der Waals surface area contributed by atoms with E-state index in [9.17, 15) is 18.4 Å². The Morgan fingerprint density at radius 2 is 1.70 bits per heavy atom. The smallest absolute Gasteiger partial charge is 0.162 e. The number of Topliss-reactive ketones (excluding diaryl/α,β-unsaturated/α-hetero) is 2. The molecule has 1 saturated carbocycles. The van der Waals surface area contributed by atoms with Crippen LogP contribution in [0.5, 0.6) is 0 Å². The van der Waals surface area contributed by atoms with Crippen LogP contribution in [-0.2, 0) is 9.59 Å². The van der Waals surface area contributed by atoms with Gasteiger partial charge >= 0.3 is 0 Å². The van der Waals surface area contributed by atoms with Crippen molar-refractivity contribution in [1.82, 2.24) is 5.32 Å². The molecule has 0 spiro atoms. The average molecular weight is 322 g/mol. The normalized spacial score (nSPS) is 23.1. The number of carbonyl (C=O) groups is 2. The maximum Gasteiger partial charge on any atom is 0.162 e. The third kappa shape index (κ3) is 3.58. The van der Waals surface area contributed by atoms with Crippen LogP contribution < -0.4 is 10.6 Å². The van der Waals surface area contributed by atoms with Crippen LogP contribution in [0.15, 0.2) is 12.1 Å². The minimum Gasteiger partial charge on any atom is -0.375 e. The Bertz CT molecular complexity index is 604. The van der Waals surface area contributed by atoms with Gasteiger partial charge in [-0.05, 0) is 50.4 Å². The van der Waals surface area contributed by atoms with E-state index in [1.807, 2.05) is 0 Å². The molecule has 0 radical (unpaired) electrons. The Hall–Kier alpha value is -1.82. The van der Waals surface area contributed by atoms with Gasteiger partial charge in [-0.2, -0.15) is 0 Å². The number of hydrogen-bond acceptors (Lipinski definition) is 4. The Morgan fingerprint density at radius 1 is 1.04 bits per heavy atom. The van der Waals surface area contributed by atoms with E-state index in [-0.39, 0.29) is 35.2 Å². The zero-order chi connectivity index (χ0) is 16.4. The zero-order valence-corrected chi connectivity index (χ0v) is 12.8. The van der Waals surface area contributed by atoms with Crippen molar-refractivity contribution in [3.8, 4) is 0 Å². The molecule has 6 heteroatoms. The molecule has 1 atom stereocenters. The molecule has 4 nitrogen and oxygen atoms in total. The second kappa shape index (κ2) is 6.74. The van der Waals surface area contributed by atoms with E-state index in [1.165, 1.54) is 12.1 Å². The first-order valence-corrected chi connectivity index (χ1v) is 8.05. The summed E-state index contributed by atoms with van der Waals surface area (Å²) in [5, 5.41) is 6.04. The maximum atomic E-state index is 14.4. The molecule has 1 aliphatic carbocycles.